The summed E-state index contributed by atoms with van der Waals surface area (Å²) in [7, 11) is 0. The van der Waals surface area contributed by atoms with Crippen LogP contribution in [0.15, 0.2) is 29.4 Å². The number of hydrogen-bond acceptors (Lipinski definition) is 4. The molecule has 0 saturated heterocycles. The maximum Gasteiger partial charge on any atom is 0.240 e. The zero-order valence-electron chi connectivity index (χ0n) is 14.3. The topological polar surface area (TPSA) is 51.0 Å². The van der Waals surface area contributed by atoms with Crippen LogP contribution in [0.1, 0.15) is 44.1 Å². The van der Waals surface area contributed by atoms with E-state index in [0.29, 0.717) is 6.04 Å². The highest BCUT2D eigenvalue weighted by atomic mass is 32.2. The molecule has 4 rings (SSSR count). The van der Waals surface area contributed by atoms with Crippen LogP contribution in [0.3, 0.4) is 0 Å². The number of rotatable bonds is 4. The fraction of sp³-hybridized carbons (Fsp3) is 0.500. The number of amides is 1. The van der Waals surface area contributed by atoms with E-state index >= 15 is 0 Å². The first-order chi connectivity index (χ1) is 11.6. The molecule has 5 nitrogen and oxygen atoms in total. The molecule has 0 N–H and O–H groups in total. The minimum Gasteiger partial charge on any atom is -0.308 e. The van der Waals surface area contributed by atoms with Gasteiger partial charge in [0.05, 0.1) is 5.25 Å². The second-order valence-electron chi connectivity index (χ2n) is 6.78. The highest BCUT2D eigenvalue weighted by Crippen LogP contribution is 2.40. The van der Waals surface area contributed by atoms with E-state index in [1.807, 2.05) is 36.9 Å². The summed E-state index contributed by atoms with van der Waals surface area (Å²) >= 11 is 1.53. The van der Waals surface area contributed by atoms with Crippen molar-refractivity contribution in [1.82, 2.24) is 14.8 Å². The lowest BCUT2D eigenvalue weighted by Crippen LogP contribution is -2.40. The van der Waals surface area contributed by atoms with Crippen molar-refractivity contribution in [2.45, 2.75) is 62.5 Å². The Bertz CT molecular complexity index is 783. The molecule has 0 radical (unpaired) electrons. The van der Waals surface area contributed by atoms with E-state index in [9.17, 15) is 4.79 Å². The average molecular weight is 342 g/mol. The summed E-state index contributed by atoms with van der Waals surface area (Å²) in [5.74, 6) is 1.10. The zero-order valence-corrected chi connectivity index (χ0v) is 15.1. The third-order valence-corrected chi connectivity index (χ3v) is 5.87. The third kappa shape index (κ3) is 2.62. The van der Waals surface area contributed by atoms with E-state index in [1.165, 1.54) is 30.2 Å². The number of aromatic nitrogens is 3. The van der Waals surface area contributed by atoms with Crippen LogP contribution in [0.4, 0.5) is 5.69 Å². The van der Waals surface area contributed by atoms with Crippen molar-refractivity contribution in [2.24, 2.45) is 0 Å². The molecule has 2 atom stereocenters. The third-order valence-electron chi connectivity index (χ3n) is 4.82. The molecule has 126 valence electrons. The molecule has 1 amide bonds. The molecule has 1 aromatic heterocycles. The molecule has 0 unspecified atom stereocenters. The number of carbonyl (C=O) groups is 1. The van der Waals surface area contributed by atoms with Crippen LogP contribution < -0.4 is 4.90 Å². The molecular formula is C18H22N4OS. The Labute approximate surface area is 146 Å². The Morgan fingerprint density at radius 2 is 2.04 bits per heavy atom. The Morgan fingerprint density at radius 3 is 2.79 bits per heavy atom. The molecule has 24 heavy (non-hydrogen) atoms. The summed E-state index contributed by atoms with van der Waals surface area (Å²) in [6.07, 6.45) is 3.30. The molecule has 2 aliphatic rings. The van der Waals surface area contributed by atoms with Gasteiger partial charge in [-0.25, -0.2) is 0 Å². The number of hydrogen-bond donors (Lipinski definition) is 0. The highest BCUT2D eigenvalue weighted by Gasteiger charge is 2.35. The summed E-state index contributed by atoms with van der Waals surface area (Å²) < 4.78 is 2.19. The zero-order chi connectivity index (χ0) is 16.8. The van der Waals surface area contributed by atoms with Crippen molar-refractivity contribution < 1.29 is 4.79 Å². The van der Waals surface area contributed by atoms with Gasteiger partial charge in [-0.3, -0.25) is 4.79 Å². The van der Waals surface area contributed by atoms with Gasteiger partial charge in [-0.1, -0.05) is 30.0 Å². The normalized spacial score (nSPS) is 21.0. The standard InChI is InChI=1S/C18H22N4OS/c1-11-10-14-6-4-5-7-16(14)21(11)17(23)12(2)24-18-20-19-13(3)22(18)15-8-9-15/h4-7,11-12,15H,8-10H2,1-3H3/t11-,12+/m1/s1. The van der Waals surface area contributed by atoms with E-state index < -0.39 is 0 Å². The molecule has 1 saturated carbocycles. The van der Waals surface area contributed by atoms with Crippen molar-refractivity contribution in [3.05, 3.63) is 35.7 Å². The van der Waals surface area contributed by atoms with Crippen molar-refractivity contribution in [2.75, 3.05) is 4.90 Å². The summed E-state index contributed by atoms with van der Waals surface area (Å²) in [5.41, 5.74) is 2.31. The molecule has 1 aliphatic carbocycles. The van der Waals surface area contributed by atoms with E-state index in [2.05, 4.69) is 27.8 Å². The summed E-state index contributed by atoms with van der Waals surface area (Å²) in [5, 5.41) is 9.19. The number of carbonyl (C=O) groups excluding carboxylic acids is 1. The van der Waals surface area contributed by atoms with Crippen LogP contribution in [0.25, 0.3) is 0 Å². The average Bonchev–Trinajstić information content (AvgIpc) is 3.24. The van der Waals surface area contributed by atoms with Crippen LogP contribution in [0.2, 0.25) is 0 Å². The molecule has 1 fully saturated rings. The Morgan fingerprint density at radius 1 is 1.29 bits per heavy atom. The van der Waals surface area contributed by atoms with Gasteiger partial charge in [0.15, 0.2) is 5.16 Å². The van der Waals surface area contributed by atoms with Crippen LogP contribution in [-0.4, -0.2) is 32.0 Å². The summed E-state index contributed by atoms with van der Waals surface area (Å²) in [6.45, 7) is 6.08. The lowest BCUT2D eigenvalue weighted by atomic mass is 10.1. The van der Waals surface area contributed by atoms with Gasteiger partial charge in [0.25, 0.3) is 0 Å². The summed E-state index contributed by atoms with van der Waals surface area (Å²) in [6, 6.07) is 8.94. The van der Waals surface area contributed by atoms with Gasteiger partial charge in [0.2, 0.25) is 5.91 Å². The second kappa shape index (κ2) is 5.92. The van der Waals surface area contributed by atoms with Gasteiger partial charge < -0.3 is 9.47 Å². The van der Waals surface area contributed by atoms with Crippen LogP contribution in [0.5, 0.6) is 0 Å². The highest BCUT2D eigenvalue weighted by molar-refractivity contribution is 8.00. The minimum absolute atomic E-state index is 0.153. The van der Waals surface area contributed by atoms with Crippen molar-refractivity contribution in [3.8, 4) is 0 Å². The maximum atomic E-state index is 13.1. The lowest BCUT2D eigenvalue weighted by Gasteiger charge is -2.25. The molecule has 0 spiro atoms. The van der Waals surface area contributed by atoms with Crippen molar-refractivity contribution in [1.29, 1.82) is 0 Å². The first-order valence-electron chi connectivity index (χ1n) is 8.55. The van der Waals surface area contributed by atoms with Gasteiger partial charge in [-0.15, -0.1) is 10.2 Å². The van der Waals surface area contributed by atoms with Crippen LogP contribution in [0, 0.1) is 6.92 Å². The molecule has 2 heterocycles. The smallest absolute Gasteiger partial charge is 0.240 e. The molecule has 0 bridgehead atoms. The minimum atomic E-state index is -0.181. The number of anilines is 1. The fourth-order valence-electron chi connectivity index (χ4n) is 3.49. The van der Waals surface area contributed by atoms with Gasteiger partial charge in [-0.05, 0) is 51.7 Å². The number of fused-ring (bicyclic) bond motifs is 1. The van der Waals surface area contributed by atoms with E-state index in [0.717, 1.165) is 23.1 Å². The second-order valence-corrected chi connectivity index (χ2v) is 8.09. The number of benzene rings is 1. The number of nitrogens with zero attached hydrogens (tertiary/aromatic N) is 4. The Balaban J connectivity index is 1.55. The number of para-hydroxylation sites is 1. The van der Waals surface area contributed by atoms with Crippen molar-refractivity contribution in [3.63, 3.8) is 0 Å². The largest absolute Gasteiger partial charge is 0.308 e. The molecule has 2 aromatic rings. The summed E-state index contributed by atoms with van der Waals surface area (Å²) in [4.78, 5) is 15.0. The van der Waals surface area contributed by atoms with E-state index in [-0.39, 0.29) is 17.2 Å². The number of aryl methyl sites for hydroxylation is 1. The van der Waals surface area contributed by atoms with Crippen molar-refractivity contribution >= 4 is 23.4 Å². The first kappa shape index (κ1) is 15.7. The van der Waals surface area contributed by atoms with E-state index in [4.69, 9.17) is 0 Å². The van der Waals surface area contributed by atoms with Gasteiger partial charge in [0.1, 0.15) is 5.82 Å². The lowest BCUT2D eigenvalue weighted by molar-refractivity contribution is -0.118. The van der Waals surface area contributed by atoms with E-state index in [1.54, 1.807) is 0 Å². The Hall–Kier alpha value is -1.82. The SMILES string of the molecule is Cc1nnc(S[C@@H](C)C(=O)N2c3ccccc3C[C@H]2C)n1C1CC1. The maximum absolute atomic E-state index is 13.1. The van der Waals surface area contributed by atoms with Gasteiger partial charge in [0, 0.05) is 17.8 Å². The van der Waals surface area contributed by atoms with Crippen LogP contribution >= 0.6 is 11.8 Å². The molecule has 1 aromatic carbocycles. The van der Waals surface area contributed by atoms with Gasteiger partial charge in [-0.2, -0.15) is 0 Å². The predicted molar refractivity (Wildman–Crippen MR) is 95.4 cm³/mol. The monoisotopic (exact) mass is 342 g/mol. The molecular weight excluding hydrogens is 320 g/mol. The number of thioether (sulfide) groups is 1. The molecule has 6 heteroatoms. The molecule has 1 aliphatic heterocycles. The van der Waals surface area contributed by atoms with Crippen LogP contribution in [-0.2, 0) is 11.2 Å². The Kier molecular flexibility index (Phi) is 3.87. The predicted octanol–water partition coefficient (Wildman–Crippen LogP) is 3.38. The first-order valence-corrected chi connectivity index (χ1v) is 9.43. The quantitative estimate of drug-likeness (QED) is 0.799. The fourth-order valence-corrected chi connectivity index (χ4v) is 4.50. The van der Waals surface area contributed by atoms with Gasteiger partial charge >= 0.3 is 0 Å².